The van der Waals surface area contributed by atoms with Gasteiger partial charge in [0.1, 0.15) is 0 Å². The maximum Gasteiger partial charge on any atom is 0.211 e. The molecule has 2 fully saturated rings. The average Bonchev–Trinajstić information content (AvgIpc) is 2.73. The van der Waals surface area contributed by atoms with Crippen molar-refractivity contribution in [3.05, 3.63) is 0 Å². The molecule has 0 aromatic carbocycles. The van der Waals surface area contributed by atoms with Gasteiger partial charge in [0, 0.05) is 31.2 Å². The van der Waals surface area contributed by atoms with E-state index in [9.17, 15) is 8.42 Å². The summed E-state index contributed by atoms with van der Waals surface area (Å²) in [6.45, 7) is 7.02. The van der Waals surface area contributed by atoms with Crippen molar-refractivity contribution >= 4 is 10.0 Å². The van der Waals surface area contributed by atoms with Gasteiger partial charge in [0.2, 0.25) is 10.0 Å². The molecule has 4 nitrogen and oxygen atoms in total. The molecule has 0 aliphatic carbocycles. The maximum absolute atomic E-state index is 11.8. The number of hydrogen-bond acceptors (Lipinski definition) is 3. The van der Waals surface area contributed by atoms with Gasteiger partial charge in [-0.2, -0.15) is 4.31 Å². The van der Waals surface area contributed by atoms with Gasteiger partial charge in [0.25, 0.3) is 0 Å². The van der Waals surface area contributed by atoms with Gasteiger partial charge < -0.3 is 0 Å². The molecular weight excluding hydrogens is 224 g/mol. The van der Waals surface area contributed by atoms with E-state index in [1.807, 2.05) is 0 Å². The maximum atomic E-state index is 11.8. The molecule has 0 aromatic rings. The van der Waals surface area contributed by atoms with Gasteiger partial charge in [-0.15, -0.1) is 0 Å². The Bertz CT molecular complexity index is 366. The Labute approximate surface area is 98.7 Å². The number of nitrogens with zero attached hydrogens (tertiary/aromatic N) is 2. The van der Waals surface area contributed by atoms with E-state index >= 15 is 0 Å². The molecule has 0 radical (unpaired) electrons. The highest BCUT2D eigenvalue weighted by atomic mass is 32.2. The van der Waals surface area contributed by atoms with E-state index in [2.05, 4.69) is 18.7 Å². The second kappa shape index (κ2) is 3.96. The lowest BCUT2D eigenvalue weighted by atomic mass is 9.97. The molecule has 1 atom stereocenters. The molecule has 0 aromatic heterocycles. The monoisotopic (exact) mass is 246 g/mol. The third-order valence-electron chi connectivity index (χ3n) is 4.02. The molecule has 5 heteroatoms. The van der Waals surface area contributed by atoms with Crippen LogP contribution in [0.5, 0.6) is 0 Å². The zero-order valence-electron chi connectivity index (χ0n) is 10.4. The van der Waals surface area contributed by atoms with Gasteiger partial charge in [-0.25, -0.2) is 8.42 Å². The molecule has 1 spiro atoms. The van der Waals surface area contributed by atoms with E-state index in [0.29, 0.717) is 12.6 Å². The number of rotatable bonds is 2. The van der Waals surface area contributed by atoms with Crippen LogP contribution in [0.1, 0.15) is 33.1 Å². The summed E-state index contributed by atoms with van der Waals surface area (Å²) in [6, 6.07) is 0.515. The smallest absolute Gasteiger partial charge is 0.211 e. The Hall–Kier alpha value is -0.130. The first-order valence-corrected chi connectivity index (χ1v) is 7.92. The largest absolute Gasteiger partial charge is 0.299 e. The van der Waals surface area contributed by atoms with E-state index in [1.54, 1.807) is 4.31 Å². The molecule has 2 aliphatic rings. The Kier molecular flexibility index (Phi) is 3.05. The third kappa shape index (κ3) is 2.00. The Balaban J connectivity index is 2.20. The van der Waals surface area contributed by atoms with Crippen molar-refractivity contribution in [3.63, 3.8) is 0 Å². The van der Waals surface area contributed by atoms with E-state index in [0.717, 1.165) is 32.4 Å². The van der Waals surface area contributed by atoms with Gasteiger partial charge in [-0.1, -0.05) is 0 Å². The van der Waals surface area contributed by atoms with E-state index in [4.69, 9.17) is 0 Å². The predicted octanol–water partition coefficient (Wildman–Crippen LogP) is 0.895. The molecule has 0 N–H and O–H groups in total. The molecule has 2 heterocycles. The lowest BCUT2D eigenvalue weighted by Crippen LogP contribution is -2.49. The van der Waals surface area contributed by atoms with Gasteiger partial charge in [0.15, 0.2) is 0 Å². The van der Waals surface area contributed by atoms with Crippen molar-refractivity contribution in [1.82, 2.24) is 9.21 Å². The quantitative estimate of drug-likeness (QED) is 0.727. The van der Waals surface area contributed by atoms with Gasteiger partial charge in [-0.05, 0) is 33.1 Å². The van der Waals surface area contributed by atoms with Crippen LogP contribution >= 0.6 is 0 Å². The molecule has 1 unspecified atom stereocenters. The zero-order valence-corrected chi connectivity index (χ0v) is 11.3. The normalized spacial score (nSPS) is 33.2. The molecule has 16 heavy (non-hydrogen) atoms. The molecule has 0 saturated carbocycles. The molecule has 0 amide bonds. The first kappa shape index (κ1) is 12.3. The minimum Gasteiger partial charge on any atom is -0.299 e. The van der Waals surface area contributed by atoms with Crippen molar-refractivity contribution in [2.75, 3.05) is 25.9 Å². The predicted molar refractivity (Wildman–Crippen MR) is 64.8 cm³/mol. The van der Waals surface area contributed by atoms with Crippen LogP contribution in [0.4, 0.5) is 0 Å². The lowest BCUT2D eigenvalue weighted by molar-refractivity contribution is 0.206. The fourth-order valence-corrected chi connectivity index (χ4v) is 4.57. The van der Waals surface area contributed by atoms with Crippen LogP contribution in [-0.4, -0.2) is 55.1 Å². The minimum absolute atomic E-state index is 0.0855. The highest BCUT2D eigenvalue weighted by molar-refractivity contribution is 7.88. The summed E-state index contributed by atoms with van der Waals surface area (Å²) in [5.41, 5.74) is -0.0855. The molecule has 94 valence electrons. The summed E-state index contributed by atoms with van der Waals surface area (Å²) >= 11 is 0. The number of hydrogen-bond donors (Lipinski definition) is 0. The van der Waals surface area contributed by atoms with Crippen LogP contribution in [0.25, 0.3) is 0 Å². The van der Waals surface area contributed by atoms with E-state index < -0.39 is 10.0 Å². The molecular formula is C11H22N2O2S. The number of likely N-dealkylation sites (tertiary alicyclic amines) is 1. The zero-order chi connectivity index (χ0) is 12.0. The fraction of sp³-hybridized carbons (Fsp3) is 1.00. The van der Waals surface area contributed by atoms with Gasteiger partial charge in [0.05, 0.1) is 6.26 Å². The summed E-state index contributed by atoms with van der Waals surface area (Å²) in [7, 11) is -3.04. The first-order valence-electron chi connectivity index (χ1n) is 6.07. The topological polar surface area (TPSA) is 40.6 Å². The number of sulfonamides is 1. The van der Waals surface area contributed by atoms with E-state index in [1.165, 1.54) is 6.26 Å². The third-order valence-corrected chi connectivity index (χ3v) is 5.40. The Morgan fingerprint density at radius 1 is 1.19 bits per heavy atom. The van der Waals surface area contributed by atoms with Gasteiger partial charge in [-0.3, -0.25) is 4.90 Å². The highest BCUT2D eigenvalue weighted by Gasteiger charge is 2.49. The average molecular weight is 246 g/mol. The molecule has 2 saturated heterocycles. The minimum atomic E-state index is -3.04. The standard InChI is InChI=1S/C11H22N2O2S/c1-10(2)12-8-6-11(9-12)5-4-7-13(11)16(3,14)15/h10H,4-9H2,1-3H3. The van der Waals surface area contributed by atoms with Crippen molar-refractivity contribution in [2.45, 2.75) is 44.7 Å². The lowest BCUT2D eigenvalue weighted by Gasteiger charge is -2.33. The Morgan fingerprint density at radius 3 is 2.38 bits per heavy atom. The summed E-state index contributed by atoms with van der Waals surface area (Å²) in [6.07, 6.45) is 4.39. The summed E-state index contributed by atoms with van der Waals surface area (Å²) in [4.78, 5) is 2.39. The van der Waals surface area contributed by atoms with Crippen molar-refractivity contribution < 1.29 is 8.42 Å². The summed E-state index contributed by atoms with van der Waals surface area (Å²) < 4.78 is 25.3. The van der Waals surface area contributed by atoms with Crippen LogP contribution in [0.2, 0.25) is 0 Å². The van der Waals surface area contributed by atoms with Crippen LogP contribution in [0.15, 0.2) is 0 Å². The van der Waals surface area contributed by atoms with Crippen LogP contribution in [0, 0.1) is 0 Å². The molecule has 2 aliphatic heterocycles. The summed E-state index contributed by atoms with van der Waals surface area (Å²) in [5, 5.41) is 0. The molecule has 0 bridgehead atoms. The van der Waals surface area contributed by atoms with Crippen LogP contribution in [0.3, 0.4) is 0 Å². The van der Waals surface area contributed by atoms with E-state index in [-0.39, 0.29) is 5.54 Å². The van der Waals surface area contributed by atoms with Gasteiger partial charge >= 0.3 is 0 Å². The van der Waals surface area contributed by atoms with Crippen molar-refractivity contribution in [3.8, 4) is 0 Å². The van der Waals surface area contributed by atoms with Crippen LogP contribution in [-0.2, 0) is 10.0 Å². The fourth-order valence-electron chi connectivity index (χ4n) is 3.17. The first-order chi connectivity index (χ1) is 7.35. The van der Waals surface area contributed by atoms with Crippen molar-refractivity contribution in [2.24, 2.45) is 0 Å². The second-order valence-electron chi connectivity index (χ2n) is 5.48. The second-order valence-corrected chi connectivity index (χ2v) is 7.38. The van der Waals surface area contributed by atoms with Crippen molar-refractivity contribution in [1.29, 1.82) is 0 Å². The highest BCUT2D eigenvalue weighted by Crippen LogP contribution is 2.39. The Morgan fingerprint density at radius 2 is 1.88 bits per heavy atom. The SMILES string of the molecule is CC(C)N1CCC2(CCCN2S(C)(=O)=O)C1. The van der Waals surface area contributed by atoms with Crippen LogP contribution < -0.4 is 0 Å². The summed E-state index contributed by atoms with van der Waals surface area (Å²) in [5.74, 6) is 0. The molecule has 2 rings (SSSR count).